The van der Waals surface area contributed by atoms with Gasteiger partial charge in [-0.1, -0.05) is 18.5 Å². The third kappa shape index (κ3) is 3.97. The minimum absolute atomic E-state index is 0.443. The summed E-state index contributed by atoms with van der Waals surface area (Å²) >= 11 is 16.7. The quantitative estimate of drug-likeness (QED) is 0.594. The largest absolute Gasteiger partial charge is 0.247 e. The molecule has 1 nitrogen and oxygen atoms in total. The van der Waals surface area contributed by atoms with Crippen LogP contribution in [0.15, 0.2) is 21.8 Å². The van der Waals surface area contributed by atoms with Crippen molar-refractivity contribution in [3.63, 3.8) is 0 Å². The minimum Gasteiger partial charge on any atom is -0.247 e. The maximum atomic E-state index is 6.03. The molecule has 0 spiro atoms. The van der Waals surface area contributed by atoms with E-state index in [1.54, 1.807) is 18.0 Å². The Labute approximate surface area is 107 Å². The van der Waals surface area contributed by atoms with E-state index in [2.05, 4.69) is 27.8 Å². The first-order valence-corrected chi connectivity index (χ1v) is 6.75. The van der Waals surface area contributed by atoms with Crippen LogP contribution in [0.1, 0.15) is 13.3 Å². The molecule has 0 saturated heterocycles. The fourth-order valence-corrected chi connectivity index (χ4v) is 3.01. The Morgan fingerprint density at radius 2 is 2.36 bits per heavy atom. The molecule has 78 valence electrons. The van der Waals surface area contributed by atoms with Crippen molar-refractivity contribution in [2.24, 2.45) is 0 Å². The number of thioether (sulfide) groups is 1. The fourth-order valence-electron chi connectivity index (χ4n) is 0.892. The highest BCUT2D eigenvalue weighted by atomic mass is 79.9. The van der Waals surface area contributed by atoms with E-state index in [0.717, 1.165) is 15.9 Å². The summed E-state index contributed by atoms with van der Waals surface area (Å²) in [5, 5.41) is 2.00. The van der Waals surface area contributed by atoms with Gasteiger partial charge in [-0.25, -0.2) is 4.98 Å². The van der Waals surface area contributed by atoms with E-state index >= 15 is 0 Å². The molecule has 1 unspecified atom stereocenters. The SMILES string of the molecule is CC(CCCl)Sc1ncc(Br)cc1Cl. The van der Waals surface area contributed by atoms with E-state index in [-0.39, 0.29) is 0 Å². The average Bonchev–Trinajstić information content (AvgIpc) is 2.10. The molecule has 0 N–H and O–H groups in total. The molecule has 1 atom stereocenters. The van der Waals surface area contributed by atoms with Crippen LogP contribution < -0.4 is 0 Å². The predicted molar refractivity (Wildman–Crippen MR) is 67.6 cm³/mol. The maximum Gasteiger partial charge on any atom is 0.115 e. The maximum absolute atomic E-state index is 6.03. The molecule has 0 aliphatic carbocycles. The Morgan fingerprint density at radius 1 is 1.64 bits per heavy atom. The summed E-state index contributed by atoms with van der Waals surface area (Å²) in [5.41, 5.74) is 0. The summed E-state index contributed by atoms with van der Waals surface area (Å²) in [7, 11) is 0. The van der Waals surface area contributed by atoms with Crippen molar-refractivity contribution in [2.75, 3.05) is 5.88 Å². The average molecular weight is 315 g/mol. The topological polar surface area (TPSA) is 12.9 Å². The van der Waals surface area contributed by atoms with Gasteiger partial charge in [-0.05, 0) is 28.4 Å². The molecule has 0 amide bonds. The lowest BCUT2D eigenvalue weighted by Gasteiger charge is -2.09. The summed E-state index contributed by atoms with van der Waals surface area (Å²) in [6.45, 7) is 2.12. The van der Waals surface area contributed by atoms with Gasteiger partial charge in [-0.3, -0.25) is 0 Å². The zero-order valence-corrected chi connectivity index (χ0v) is 11.5. The molecular formula is C9H10BrCl2NS. The molecule has 0 aliphatic heterocycles. The number of nitrogens with zero attached hydrogens (tertiary/aromatic N) is 1. The molecule has 5 heteroatoms. The summed E-state index contributed by atoms with van der Waals surface area (Å²) in [4.78, 5) is 4.24. The highest BCUT2D eigenvalue weighted by Gasteiger charge is 2.08. The normalized spacial score (nSPS) is 12.9. The molecule has 1 rings (SSSR count). The highest BCUT2D eigenvalue weighted by Crippen LogP contribution is 2.31. The standard InChI is InChI=1S/C9H10BrCl2NS/c1-6(2-3-11)14-9-8(12)4-7(10)5-13-9/h4-6H,2-3H2,1H3. The molecule has 1 aromatic rings. The zero-order valence-electron chi connectivity index (χ0n) is 7.64. The van der Waals surface area contributed by atoms with Crippen molar-refractivity contribution in [2.45, 2.75) is 23.6 Å². The fraction of sp³-hybridized carbons (Fsp3) is 0.444. The molecule has 0 aliphatic rings. The predicted octanol–water partition coefficient (Wildman–Crippen LogP) is 4.61. The monoisotopic (exact) mass is 313 g/mol. The first kappa shape index (κ1) is 12.6. The molecule has 0 fully saturated rings. The summed E-state index contributed by atoms with van der Waals surface area (Å²) < 4.78 is 0.900. The number of rotatable bonds is 4. The van der Waals surface area contributed by atoms with Gasteiger partial charge in [0.25, 0.3) is 0 Å². The molecule has 1 heterocycles. The van der Waals surface area contributed by atoms with Crippen LogP contribution in [0.2, 0.25) is 5.02 Å². The molecule has 14 heavy (non-hydrogen) atoms. The minimum atomic E-state index is 0.443. The van der Waals surface area contributed by atoms with Gasteiger partial charge in [0.15, 0.2) is 0 Å². The third-order valence-electron chi connectivity index (χ3n) is 1.60. The Morgan fingerprint density at radius 3 is 2.93 bits per heavy atom. The van der Waals surface area contributed by atoms with Crippen LogP contribution in [0.4, 0.5) is 0 Å². The Hall–Kier alpha value is 0.560. The first-order valence-electron chi connectivity index (χ1n) is 4.17. The summed E-state index contributed by atoms with van der Waals surface area (Å²) in [6, 6.07) is 1.85. The Kier molecular flexibility index (Phi) is 5.60. The zero-order chi connectivity index (χ0) is 10.6. The van der Waals surface area contributed by atoms with Gasteiger partial charge >= 0.3 is 0 Å². The second-order valence-electron chi connectivity index (χ2n) is 2.85. The van der Waals surface area contributed by atoms with Crippen molar-refractivity contribution >= 4 is 50.9 Å². The van der Waals surface area contributed by atoms with Crippen molar-refractivity contribution in [3.05, 3.63) is 21.8 Å². The van der Waals surface area contributed by atoms with Gasteiger partial charge in [0, 0.05) is 21.8 Å². The number of hydrogen-bond donors (Lipinski definition) is 0. The van der Waals surface area contributed by atoms with Crippen LogP contribution in [-0.2, 0) is 0 Å². The van der Waals surface area contributed by atoms with E-state index in [1.165, 1.54) is 0 Å². The molecule has 0 bridgehead atoms. The van der Waals surface area contributed by atoms with Crippen LogP contribution in [0.5, 0.6) is 0 Å². The Bertz CT molecular complexity index is 309. The smallest absolute Gasteiger partial charge is 0.115 e. The lowest BCUT2D eigenvalue weighted by Crippen LogP contribution is -1.97. The van der Waals surface area contributed by atoms with Crippen molar-refractivity contribution in [1.82, 2.24) is 4.98 Å². The van der Waals surface area contributed by atoms with Gasteiger partial charge < -0.3 is 0 Å². The van der Waals surface area contributed by atoms with Crippen LogP contribution in [0, 0.1) is 0 Å². The van der Waals surface area contributed by atoms with Gasteiger partial charge in [-0.15, -0.1) is 23.4 Å². The summed E-state index contributed by atoms with van der Waals surface area (Å²) in [6.07, 6.45) is 2.71. The van der Waals surface area contributed by atoms with Crippen LogP contribution >= 0.6 is 50.9 Å². The van der Waals surface area contributed by atoms with Gasteiger partial charge in [-0.2, -0.15) is 0 Å². The van der Waals surface area contributed by atoms with Crippen molar-refractivity contribution < 1.29 is 0 Å². The van der Waals surface area contributed by atoms with E-state index in [4.69, 9.17) is 23.2 Å². The van der Waals surface area contributed by atoms with Gasteiger partial charge in [0.05, 0.1) is 5.02 Å². The van der Waals surface area contributed by atoms with E-state index in [0.29, 0.717) is 16.2 Å². The van der Waals surface area contributed by atoms with E-state index < -0.39 is 0 Å². The van der Waals surface area contributed by atoms with Crippen LogP contribution in [0.25, 0.3) is 0 Å². The lowest BCUT2D eigenvalue weighted by atomic mass is 10.4. The number of pyridine rings is 1. The van der Waals surface area contributed by atoms with Gasteiger partial charge in [0.2, 0.25) is 0 Å². The molecule has 0 saturated carbocycles. The van der Waals surface area contributed by atoms with Crippen LogP contribution in [0.3, 0.4) is 0 Å². The summed E-state index contributed by atoms with van der Waals surface area (Å²) in [5.74, 6) is 0.669. The lowest BCUT2D eigenvalue weighted by molar-refractivity contribution is 0.907. The van der Waals surface area contributed by atoms with Crippen molar-refractivity contribution in [1.29, 1.82) is 0 Å². The second-order valence-corrected chi connectivity index (χ2v) is 5.97. The second kappa shape index (κ2) is 6.21. The number of halogens is 3. The van der Waals surface area contributed by atoms with Crippen LogP contribution in [-0.4, -0.2) is 16.1 Å². The Balaban J connectivity index is 2.67. The first-order chi connectivity index (χ1) is 6.63. The number of aromatic nitrogens is 1. The molecular weight excluding hydrogens is 305 g/mol. The van der Waals surface area contributed by atoms with E-state index in [9.17, 15) is 0 Å². The number of hydrogen-bond acceptors (Lipinski definition) is 2. The van der Waals surface area contributed by atoms with E-state index in [1.807, 2.05) is 6.07 Å². The third-order valence-corrected chi connectivity index (χ3v) is 3.84. The molecule has 1 aromatic heterocycles. The van der Waals surface area contributed by atoms with Crippen molar-refractivity contribution in [3.8, 4) is 0 Å². The highest BCUT2D eigenvalue weighted by molar-refractivity contribution is 9.10. The molecule has 0 radical (unpaired) electrons. The van der Waals surface area contributed by atoms with Gasteiger partial charge in [0.1, 0.15) is 5.03 Å². The number of alkyl halides is 1. The molecule has 0 aromatic carbocycles.